The Hall–Kier alpha value is -1.21. The van der Waals surface area contributed by atoms with Crippen LogP contribution in [0.2, 0.25) is 0 Å². The van der Waals surface area contributed by atoms with Gasteiger partial charge in [-0.1, -0.05) is 0 Å². The second kappa shape index (κ2) is 4.81. The van der Waals surface area contributed by atoms with E-state index in [0.29, 0.717) is 31.3 Å². The molecule has 18 heavy (non-hydrogen) atoms. The van der Waals surface area contributed by atoms with E-state index in [0.717, 1.165) is 11.3 Å². The molecule has 0 saturated heterocycles. The van der Waals surface area contributed by atoms with Crippen molar-refractivity contribution in [2.45, 2.75) is 25.2 Å². The van der Waals surface area contributed by atoms with E-state index >= 15 is 0 Å². The number of fused-ring (bicyclic) bond motifs is 1. The second-order valence-corrected chi connectivity index (χ2v) is 6.75. The Morgan fingerprint density at radius 3 is 2.72 bits per heavy atom. The molecule has 1 N–H and O–H groups in total. The lowest BCUT2D eigenvalue weighted by atomic mass is 10.1. The molecule has 1 aliphatic heterocycles. The third-order valence-corrected chi connectivity index (χ3v) is 4.58. The second-order valence-electron chi connectivity index (χ2n) is 4.38. The van der Waals surface area contributed by atoms with Crippen molar-refractivity contribution < 1.29 is 13.2 Å². The first-order valence-corrected chi connectivity index (χ1v) is 7.73. The summed E-state index contributed by atoms with van der Waals surface area (Å²) >= 11 is 0. The van der Waals surface area contributed by atoms with E-state index in [1.807, 2.05) is 0 Å². The molecule has 100 valence electrons. The van der Waals surface area contributed by atoms with Gasteiger partial charge in [0.15, 0.2) is 9.84 Å². The van der Waals surface area contributed by atoms with E-state index in [2.05, 4.69) is 15.3 Å². The molecule has 1 unspecified atom stereocenters. The summed E-state index contributed by atoms with van der Waals surface area (Å²) in [5.74, 6) is 1.01. The summed E-state index contributed by atoms with van der Waals surface area (Å²) in [7, 11) is -1.44. The van der Waals surface area contributed by atoms with Gasteiger partial charge in [0.05, 0.1) is 18.9 Å². The Morgan fingerprint density at radius 2 is 2.11 bits per heavy atom. The quantitative estimate of drug-likeness (QED) is 0.871. The summed E-state index contributed by atoms with van der Waals surface area (Å²) in [6.45, 7) is 2.69. The van der Waals surface area contributed by atoms with E-state index in [1.54, 1.807) is 14.0 Å². The van der Waals surface area contributed by atoms with E-state index in [4.69, 9.17) is 4.74 Å². The Balaban J connectivity index is 2.51. The first-order chi connectivity index (χ1) is 8.43. The van der Waals surface area contributed by atoms with Crippen molar-refractivity contribution in [3.8, 4) is 0 Å². The fourth-order valence-corrected chi connectivity index (χ4v) is 2.32. The largest absolute Gasteiger partial charge is 0.376 e. The number of rotatable bonds is 3. The maximum Gasteiger partial charge on any atom is 0.157 e. The summed E-state index contributed by atoms with van der Waals surface area (Å²) in [6.07, 6.45) is 1.89. The minimum atomic E-state index is -3.19. The molecule has 6 nitrogen and oxygen atoms in total. The number of anilines is 1. The van der Waals surface area contributed by atoms with Crippen LogP contribution in [0, 0.1) is 0 Å². The van der Waals surface area contributed by atoms with E-state index in [-0.39, 0.29) is 0 Å². The summed E-state index contributed by atoms with van der Waals surface area (Å²) < 4.78 is 28.5. The zero-order valence-electron chi connectivity index (χ0n) is 10.7. The summed E-state index contributed by atoms with van der Waals surface area (Å²) in [4.78, 5) is 8.67. The summed E-state index contributed by atoms with van der Waals surface area (Å²) in [5.41, 5.74) is 1.80. The van der Waals surface area contributed by atoms with Crippen molar-refractivity contribution in [2.75, 3.05) is 25.2 Å². The van der Waals surface area contributed by atoms with Crippen molar-refractivity contribution in [1.82, 2.24) is 9.97 Å². The van der Waals surface area contributed by atoms with Crippen LogP contribution in [0.25, 0.3) is 0 Å². The number of nitrogens with one attached hydrogen (secondary N) is 1. The molecular weight excluding hydrogens is 254 g/mol. The van der Waals surface area contributed by atoms with Crippen molar-refractivity contribution in [3.63, 3.8) is 0 Å². The maximum absolute atomic E-state index is 11.6. The highest BCUT2D eigenvalue weighted by molar-refractivity contribution is 7.90. The molecule has 0 aliphatic carbocycles. The molecule has 0 spiro atoms. The summed E-state index contributed by atoms with van der Waals surface area (Å²) in [6, 6.07) is 0. The first-order valence-electron chi connectivity index (χ1n) is 5.77. The van der Waals surface area contributed by atoms with Crippen LogP contribution in [0.3, 0.4) is 0 Å². The van der Waals surface area contributed by atoms with E-state index in [9.17, 15) is 8.42 Å². The molecule has 2 rings (SSSR count). The minimum absolute atomic E-state index is 0.350. The number of sulfone groups is 1. The highest BCUT2D eigenvalue weighted by Gasteiger charge is 2.24. The van der Waals surface area contributed by atoms with Crippen LogP contribution in [0.4, 0.5) is 5.82 Å². The maximum atomic E-state index is 11.6. The number of nitrogens with zero attached hydrogens (tertiary/aromatic N) is 2. The van der Waals surface area contributed by atoms with Gasteiger partial charge in [0.2, 0.25) is 0 Å². The zero-order valence-corrected chi connectivity index (χ0v) is 11.5. The molecule has 0 amide bonds. The van der Waals surface area contributed by atoms with E-state index in [1.165, 1.54) is 6.26 Å². The van der Waals surface area contributed by atoms with Gasteiger partial charge in [0.25, 0.3) is 0 Å². The lowest BCUT2D eigenvalue weighted by Gasteiger charge is -2.20. The van der Waals surface area contributed by atoms with Crippen molar-refractivity contribution >= 4 is 15.7 Å². The fraction of sp³-hybridized carbons (Fsp3) is 0.636. The molecule has 0 aromatic carbocycles. The van der Waals surface area contributed by atoms with E-state index < -0.39 is 15.1 Å². The third kappa shape index (κ3) is 2.46. The van der Waals surface area contributed by atoms with Crippen molar-refractivity contribution in [1.29, 1.82) is 0 Å². The molecule has 1 aromatic rings. The Labute approximate surface area is 107 Å². The van der Waals surface area contributed by atoms with Gasteiger partial charge in [0, 0.05) is 25.3 Å². The topological polar surface area (TPSA) is 81.2 Å². The van der Waals surface area contributed by atoms with Crippen molar-refractivity contribution in [2.24, 2.45) is 0 Å². The number of ether oxygens (including phenoxy) is 1. The average molecular weight is 271 g/mol. The van der Waals surface area contributed by atoms with Crippen LogP contribution < -0.4 is 5.32 Å². The molecule has 1 atom stereocenters. The molecule has 7 heteroatoms. The molecule has 1 aliphatic rings. The first kappa shape index (κ1) is 13.2. The fourth-order valence-electron chi connectivity index (χ4n) is 1.83. The molecule has 1 aromatic heterocycles. The average Bonchev–Trinajstić information content (AvgIpc) is 2.35. The highest BCUT2D eigenvalue weighted by atomic mass is 32.2. The van der Waals surface area contributed by atoms with Crippen LogP contribution in [-0.2, 0) is 27.6 Å². The normalized spacial score (nSPS) is 17.1. The van der Waals surface area contributed by atoms with Gasteiger partial charge in [-0.25, -0.2) is 18.4 Å². The van der Waals surface area contributed by atoms with Gasteiger partial charge >= 0.3 is 0 Å². The van der Waals surface area contributed by atoms with Crippen LogP contribution in [0.1, 0.15) is 29.3 Å². The lowest BCUT2D eigenvalue weighted by Crippen LogP contribution is -2.20. The predicted octanol–water partition coefficient (Wildman–Crippen LogP) is 0.697. The predicted molar refractivity (Wildman–Crippen MR) is 68.2 cm³/mol. The summed E-state index contributed by atoms with van der Waals surface area (Å²) in [5, 5.41) is 2.28. The lowest BCUT2D eigenvalue weighted by molar-refractivity contribution is 0.109. The molecule has 0 fully saturated rings. The van der Waals surface area contributed by atoms with Crippen LogP contribution in [-0.4, -0.2) is 38.3 Å². The smallest absolute Gasteiger partial charge is 0.157 e. The van der Waals surface area contributed by atoms with Crippen molar-refractivity contribution in [3.05, 3.63) is 17.1 Å². The van der Waals surface area contributed by atoms with Crippen LogP contribution in [0.5, 0.6) is 0 Å². The third-order valence-electron chi connectivity index (χ3n) is 3.08. The van der Waals surface area contributed by atoms with Crippen LogP contribution >= 0.6 is 0 Å². The monoisotopic (exact) mass is 271 g/mol. The minimum Gasteiger partial charge on any atom is -0.376 e. The van der Waals surface area contributed by atoms with Gasteiger partial charge in [-0.2, -0.15) is 0 Å². The molecule has 0 radical (unpaired) electrons. The highest BCUT2D eigenvalue weighted by Crippen LogP contribution is 2.26. The molecule has 2 heterocycles. The van der Waals surface area contributed by atoms with Gasteiger partial charge < -0.3 is 10.1 Å². The van der Waals surface area contributed by atoms with Crippen LogP contribution in [0.15, 0.2) is 0 Å². The SMILES string of the molecule is CNc1nc(C(C)S(C)(=O)=O)nc2c1COCC2. The number of hydrogen-bond donors (Lipinski definition) is 1. The van der Waals surface area contributed by atoms with Gasteiger partial charge in [0.1, 0.15) is 16.9 Å². The van der Waals surface area contributed by atoms with Gasteiger partial charge in [-0.3, -0.25) is 0 Å². The Kier molecular flexibility index (Phi) is 3.54. The Morgan fingerprint density at radius 1 is 1.39 bits per heavy atom. The number of aromatic nitrogens is 2. The zero-order chi connectivity index (χ0) is 13.3. The standard InChI is InChI=1S/C11H17N3O3S/c1-7(18(3,15)16)10-13-9-4-5-17-6-8(9)11(12-2)14-10/h7H,4-6H2,1-3H3,(H,12,13,14). The molecule has 0 saturated carbocycles. The van der Waals surface area contributed by atoms with Gasteiger partial charge in [-0.05, 0) is 6.92 Å². The molecule has 0 bridgehead atoms. The number of hydrogen-bond acceptors (Lipinski definition) is 6. The molecular formula is C11H17N3O3S. The Bertz CT molecular complexity index is 540. The van der Waals surface area contributed by atoms with Gasteiger partial charge in [-0.15, -0.1) is 0 Å².